The number of unbranched alkanes of at least 4 members (excludes halogenated alkanes) is 15. The molecule has 0 aromatic carbocycles. The van der Waals surface area contributed by atoms with E-state index in [0.717, 1.165) is 25.2 Å². The van der Waals surface area contributed by atoms with Crippen LogP contribution in [-0.4, -0.2) is 30.0 Å². The van der Waals surface area contributed by atoms with E-state index in [1.165, 1.54) is 128 Å². The van der Waals surface area contributed by atoms with Gasteiger partial charge in [-0.1, -0.05) is 103 Å². The Morgan fingerprint density at radius 1 is 0.781 bits per heavy atom. The summed E-state index contributed by atoms with van der Waals surface area (Å²) in [7, 11) is 0. The first-order valence-corrected chi connectivity index (χ1v) is 15.3. The molecule has 0 bridgehead atoms. The molecule has 0 heterocycles. The van der Waals surface area contributed by atoms with Crippen LogP contribution in [0.15, 0.2) is 0 Å². The molecule has 1 atom stereocenters. The first-order chi connectivity index (χ1) is 15.9. The van der Waals surface area contributed by atoms with E-state index in [-0.39, 0.29) is 5.25 Å². The van der Waals surface area contributed by atoms with E-state index in [9.17, 15) is 4.79 Å². The summed E-state index contributed by atoms with van der Waals surface area (Å²) in [6, 6.07) is 0. The van der Waals surface area contributed by atoms with Crippen molar-refractivity contribution in [2.24, 2.45) is 0 Å². The Bertz CT molecular complexity index is 381. The monoisotopic (exact) mass is 466 g/mol. The maximum atomic E-state index is 10.9. The minimum Gasteiger partial charge on any atom is -0.378 e. The van der Waals surface area contributed by atoms with Crippen molar-refractivity contribution in [3.05, 3.63) is 6.42 Å². The summed E-state index contributed by atoms with van der Waals surface area (Å²) in [6.07, 6.45) is 34.4. The molecule has 0 spiro atoms. The minimum absolute atomic E-state index is 0.125. The van der Waals surface area contributed by atoms with Crippen molar-refractivity contribution in [3.63, 3.8) is 0 Å². The van der Waals surface area contributed by atoms with Crippen molar-refractivity contribution in [3.8, 4) is 0 Å². The third kappa shape index (κ3) is 19.4. The number of carbonyl (C=O) groups excluding carboxylic acids is 1. The van der Waals surface area contributed by atoms with Gasteiger partial charge in [0.25, 0.3) is 0 Å². The molecule has 188 valence electrons. The molecule has 1 fully saturated rings. The van der Waals surface area contributed by atoms with E-state index in [1.54, 1.807) is 11.8 Å². The van der Waals surface area contributed by atoms with Crippen LogP contribution in [0.5, 0.6) is 0 Å². The molecule has 1 aliphatic carbocycles. The van der Waals surface area contributed by atoms with Crippen molar-refractivity contribution >= 4 is 18.0 Å². The summed E-state index contributed by atoms with van der Waals surface area (Å²) in [5.41, 5.74) is 0. The van der Waals surface area contributed by atoms with Gasteiger partial charge < -0.3 is 4.74 Å². The maximum absolute atomic E-state index is 10.9. The zero-order valence-corrected chi connectivity index (χ0v) is 22.2. The van der Waals surface area contributed by atoms with Gasteiger partial charge in [-0.05, 0) is 57.1 Å². The minimum atomic E-state index is 0.125. The fourth-order valence-corrected chi connectivity index (χ4v) is 5.58. The van der Waals surface area contributed by atoms with E-state index in [1.807, 2.05) is 0 Å². The number of hydrogen-bond donors (Lipinski definition) is 0. The van der Waals surface area contributed by atoms with Crippen LogP contribution in [0, 0.1) is 6.42 Å². The average molecular weight is 467 g/mol. The van der Waals surface area contributed by atoms with Crippen molar-refractivity contribution in [2.75, 3.05) is 12.4 Å². The summed E-state index contributed by atoms with van der Waals surface area (Å²) in [5, 5.41) is 0.125. The van der Waals surface area contributed by atoms with Gasteiger partial charge in [0.1, 0.15) is 0 Å². The van der Waals surface area contributed by atoms with Crippen LogP contribution in [0.1, 0.15) is 148 Å². The van der Waals surface area contributed by atoms with Crippen LogP contribution in [-0.2, 0) is 9.53 Å². The number of hydrogen-bond acceptors (Lipinski definition) is 3. The van der Waals surface area contributed by atoms with Gasteiger partial charge in [-0.3, -0.25) is 4.79 Å². The zero-order valence-electron chi connectivity index (χ0n) is 21.4. The summed E-state index contributed by atoms with van der Waals surface area (Å²) in [4.78, 5) is 10.9. The second-order valence-electron chi connectivity index (χ2n) is 9.86. The molecule has 32 heavy (non-hydrogen) atoms. The van der Waals surface area contributed by atoms with Gasteiger partial charge in [0.2, 0.25) is 6.29 Å². The Balaban J connectivity index is 1.68. The standard InChI is InChI=1S/C29H54O2S/c1-2-26-32-29(27-30)24-20-15-13-11-9-7-5-3-4-6-8-10-12-14-16-21-25-31-28-22-18-17-19-23-28/h17,28-29H,2-16,18-26H2,1H3. The Kier molecular flexibility index (Phi) is 22.6. The van der Waals surface area contributed by atoms with Crippen molar-refractivity contribution in [2.45, 2.75) is 160 Å². The van der Waals surface area contributed by atoms with E-state index >= 15 is 0 Å². The fourth-order valence-electron chi connectivity index (χ4n) is 4.66. The van der Waals surface area contributed by atoms with Gasteiger partial charge in [-0.25, -0.2) is 0 Å². The van der Waals surface area contributed by atoms with Crippen molar-refractivity contribution in [1.82, 2.24) is 0 Å². The lowest BCUT2D eigenvalue weighted by Crippen LogP contribution is -2.17. The van der Waals surface area contributed by atoms with Crippen LogP contribution in [0.3, 0.4) is 0 Å². The average Bonchev–Trinajstić information content (AvgIpc) is 2.83. The Morgan fingerprint density at radius 3 is 1.72 bits per heavy atom. The molecule has 1 unspecified atom stereocenters. The predicted octanol–water partition coefficient (Wildman–Crippen LogP) is 9.40. The summed E-state index contributed by atoms with van der Waals surface area (Å²) >= 11 is 1.79. The number of thioether (sulfide) groups is 1. The lowest BCUT2D eigenvalue weighted by molar-refractivity contribution is 0.0326. The Hall–Kier alpha value is -0.0200. The van der Waals surface area contributed by atoms with Gasteiger partial charge in [-0.15, -0.1) is 0 Å². The highest BCUT2D eigenvalue weighted by Crippen LogP contribution is 2.20. The first-order valence-electron chi connectivity index (χ1n) is 14.3. The van der Waals surface area contributed by atoms with Crippen LogP contribution in [0.25, 0.3) is 0 Å². The predicted molar refractivity (Wildman–Crippen MR) is 143 cm³/mol. The van der Waals surface area contributed by atoms with Crippen LogP contribution < -0.4 is 0 Å². The largest absolute Gasteiger partial charge is 0.378 e. The third-order valence-electron chi connectivity index (χ3n) is 6.75. The molecule has 0 amide bonds. The normalized spacial score (nSPS) is 15.8. The molecule has 0 N–H and O–H groups in total. The molecule has 3 heteroatoms. The highest BCUT2D eigenvalue weighted by molar-refractivity contribution is 8.00. The Morgan fingerprint density at radius 2 is 1.25 bits per heavy atom. The van der Waals surface area contributed by atoms with Crippen molar-refractivity contribution in [1.29, 1.82) is 0 Å². The van der Waals surface area contributed by atoms with Crippen LogP contribution in [0.4, 0.5) is 0 Å². The summed E-state index contributed by atoms with van der Waals surface area (Å²) < 4.78 is 6.00. The fraction of sp³-hybridized carbons (Fsp3) is 0.931. The molecule has 0 aromatic rings. The maximum Gasteiger partial charge on any atom is 0.212 e. The zero-order chi connectivity index (χ0) is 23.0. The van der Waals surface area contributed by atoms with E-state index in [2.05, 4.69) is 19.6 Å². The Labute approximate surface area is 205 Å². The lowest BCUT2D eigenvalue weighted by atomic mass is 9.98. The highest BCUT2D eigenvalue weighted by atomic mass is 32.2. The molecular weight excluding hydrogens is 412 g/mol. The molecule has 2 nitrogen and oxygen atoms in total. The summed E-state index contributed by atoms with van der Waals surface area (Å²) in [6.45, 7) is 3.16. The molecular formula is C29H54O2S. The van der Waals surface area contributed by atoms with Gasteiger partial charge in [-0.2, -0.15) is 11.8 Å². The lowest BCUT2D eigenvalue weighted by Gasteiger charge is -2.21. The third-order valence-corrected chi connectivity index (χ3v) is 8.13. The SMILES string of the molecule is CCCSC([C]=O)CCCCCCCCCCCCCCCCCCOC1CC[CH]CC1. The second kappa shape index (κ2) is 24.1. The quantitative estimate of drug-likeness (QED) is 0.132. The van der Waals surface area contributed by atoms with Crippen LogP contribution in [0.2, 0.25) is 0 Å². The van der Waals surface area contributed by atoms with Gasteiger partial charge in [0, 0.05) is 6.61 Å². The molecule has 1 aliphatic rings. The smallest absolute Gasteiger partial charge is 0.212 e. The van der Waals surface area contributed by atoms with Crippen molar-refractivity contribution < 1.29 is 9.53 Å². The second-order valence-corrected chi connectivity index (χ2v) is 11.2. The number of ether oxygens (including phenoxy) is 1. The van der Waals surface area contributed by atoms with E-state index < -0.39 is 0 Å². The molecule has 0 saturated heterocycles. The van der Waals surface area contributed by atoms with E-state index in [0.29, 0.717) is 6.10 Å². The first kappa shape index (κ1) is 30.0. The van der Waals surface area contributed by atoms with Gasteiger partial charge in [0.05, 0.1) is 11.4 Å². The summed E-state index contributed by atoms with van der Waals surface area (Å²) in [5.74, 6) is 1.09. The molecule has 0 aliphatic heterocycles. The molecule has 2 radical (unpaired) electrons. The molecule has 1 saturated carbocycles. The van der Waals surface area contributed by atoms with Gasteiger partial charge >= 0.3 is 0 Å². The topological polar surface area (TPSA) is 26.3 Å². The number of rotatable bonds is 24. The highest BCUT2D eigenvalue weighted by Gasteiger charge is 2.13. The molecule has 0 aromatic heterocycles. The van der Waals surface area contributed by atoms with Gasteiger partial charge in [0.15, 0.2) is 0 Å². The molecule has 1 rings (SSSR count). The van der Waals surface area contributed by atoms with E-state index in [4.69, 9.17) is 4.74 Å². The van der Waals surface area contributed by atoms with Crippen LogP contribution >= 0.6 is 11.8 Å².